The Kier molecular flexibility index (Phi) is 5.49. The molecule has 0 spiro atoms. The van der Waals surface area contributed by atoms with E-state index < -0.39 is 0 Å². The number of hydrogen-bond donors (Lipinski definition) is 0. The molecule has 0 aliphatic carbocycles. The lowest BCUT2D eigenvalue weighted by Gasteiger charge is -2.26. The van der Waals surface area contributed by atoms with Crippen LogP contribution in [0.4, 0.5) is 0 Å². The maximum absolute atomic E-state index is 10.3. The molecule has 0 aromatic carbocycles. The molecule has 0 aromatic rings. The molecule has 0 radical (unpaired) electrons. The maximum Gasteiger partial charge on any atom is 0.156 e. The van der Waals surface area contributed by atoms with E-state index in [1.54, 1.807) is 0 Å². The van der Waals surface area contributed by atoms with E-state index in [0.717, 1.165) is 19.3 Å². The van der Waals surface area contributed by atoms with Crippen LogP contribution in [0.15, 0.2) is 10.6 Å². The zero-order valence-corrected chi connectivity index (χ0v) is 10.4. The highest BCUT2D eigenvalue weighted by Gasteiger charge is 2.17. The number of halogens is 1. The lowest BCUT2D eigenvalue weighted by atomic mass is 9.89. The van der Waals surface area contributed by atoms with Gasteiger partial charge in [0.15, 0.2) is 6.29 Å². The molecule has 0 aliphatic heterocycles. The van der Waals surface area contributed by atoms with Gasteiger partial charge in [-0.2, -0.15) is 0 Å². The van der Waals surface area contributed by atoms with E-state index in [-0.39, 0.29) is 5.41 Å². The third-order valence-corrected chi connectivity index (χ3v) is 2.22. The lowest BCUT2D eigenvalue weighted by molar-refractivity contribution is -0.104. The maximum atomic E-state index is 10.3. The molecule has 0 saturated heterocycles. The second kappa shape index (κ2) is 5.55. The highest BCUT2D eigenvalue weighted by molar-refractivity contribution is 9.12. The van der Waals surface area contributed by atoms with Gasteiger partial charge in [-0.1, -0.05) is 19.9 Å². The van der Waals surface area contributed by atoms with Crippen molar-refractivity contribution in [2.45, 2.75) is 20.3 Å². The summed E-state index contributed by atoms with van der Waals surface area (Å²) in [5, 5.41) is 0. The Labute approximate surface area is 89.1 Å². The molecule has 76 valence electrons. The van der Waals surface area contributed by atoms with E-state index in [9.17, 15) is 4.79 Å². The first-order valence-corrected chi connectivity index (χ1v) is 5.12. The molecule has 13 heavy (non-hydrogen) atoms. The van der Waals surface area contributed by atoms with Crippen molar-refractivity contribution in [1.29, 1.82) is 0 Å². The van der Waals surface area contributed by atoms with Crippen molar-refractivity contribution in [2.75, 3.05) is 20.6 Å². The molecule has 0 rings (SSSR count). The summed E-state index contributed by atoms with van der Waals surface area (Å²) in [5.41, 5.74) is 0.214. The minimum atomic E-state index is 0.214. The molecule has 0 atom stereocenters. The van der Waals surface area contributed by atoms with Crippen LogP contribution < -0.4 is 0 Å². The summed E-state index contributed by atoms with van der Waals surface area (Å²) in [4.78, 5) is 12.5. The van der Waals surface area contributed by atoms with Crippen molar-refractivity contribution in [2.24, 2.45) is 5.41 Å². The molecule has 0 aliphatic rings. The Hall–Kier alpha value is -0.150. The number of aldehydes is 1. The van der Waals surface area contributed by atoms with Gasteiger partial charge in [0, 0.05) is 6.54 Å². The third kappa shape index (κ3) is 6.96. The van der Waals surface area contributed by atoms with E-state index in [1.165, 1.54) is 0 Å². The average Bonchev–Trinajstić information content (AvgIpc) is 1.98. The van der Waals surface area contributed by atoms with Crippen LogP contribution in [0.5, 0.6) is 0 Å². The number of carbonyl (C=O) groups excluding carboxylic acids is 1. The first-order valence-electron chi connectivity index (χ1n) is 4.33. The predicted octanol–water partition coefficient (Wildman–Crippen LogP) is 2.44. The fourth-order valence-electron chi connectivity index (χ4n) is 1.34. The van der Waals surface area contributed by atoms with Gasteiger partial charge >= 0.3 is 0 Å². The number of nitrogens with zero attached hydrogens (tertiary/aromatic N) is 1. The molecule has 0 aromatic heterocycles. The summed E-state index contributed by atoms with van der Waals surface area (Å²) >= 11 is 3.18. The van der Waals surface area contributed by atoms with Crippen LogP contribution in [-0.4, -0.2) is 31.8 Å². The molecule has 0 N–H and O–H groups in total. The zero-order chi connectivity index (χ0) is 10.5. The van der Waals surface area contributed by atoms with Crippen molar-refractivity contribution in [3.05, 3.63) is 10.6 Å². The normalized spacial score (nSPS) is 13.5. The van der Waals surface area contributed by atoms with Gasteiger partial charge in [-0.15, -0.1) is 0 Å². The van der Waals surface area contributed by atoms with Crippen molar-refractivity contribution in [3.63, 3.8) is 0 Å². The van der Waals surface area contributed by atoms with Crippen molar-refractivity contribution in [1.82, 2.24) is 4.90 Å². The topological polar surface area (TPSA) is 20.3 Å². The van der Waals surface area contributed by atoms with Gasteiger partial charge < -0.3 is 4.90 Å². The molecule has 0 amide bonds. The van der Waals surface area contributed by atoms with E-state index in [1.807, 2.05) is 6.08 Å². The van der Waals surface area contributed by atoms with Crippen molar-refractivity contribution < 1.29 is 4.79 Å². The fourth-order valence-corrected chi connectivity index (χ4v) is 1.50. The largest absolute Gasteiger partial charge is 0.309 e. The van der Waals surface area contributed by atoms with E-state index in [2.05, 4.69) is 48.8 Å². The quantitative estimate of drug-likeness (QED) is 0.550. The van der Waals surface area contributed by atoms with Crippen LogP contribution >= 0.6 is 15.9 Å². The second-order valence-electron chi connectivity index (χ2n) is 4.31. The smallest absolute Gasteiger partial charge is 0.156 e. The fraction of sp³-hybridized carbons (Fsp3) is 0.700. The Morgan fingerprint density at radius 3 is 2.38 bits per heavy atom. The molecule has 3 heteroatoms. The SMILES string of the molecule is CN(C)CC(C)(C)C/C=C(/Br)C=O. The predicted molar refractivity (Wildman–Crippen MR) is 60.0 cm³/mol. The molecule has 0 unspecified atom stereocenters. The Morgan fingerprint density at radius 1 is 1.46 bits per heavy atom. The summed E-state index contributed by atoms with van der Waals surface area (Å²) in [6, 6.07) is 0. The summed E-state index contributed by atoms with van der Waals surface area (Å²) in [6.07, 6.45) is 3.66. The highest BCUT2D eigenvalue weighted by atomic mass is 79.9. The Morgan fingerprint density at radius 2 is 2.00 bits per heavy atom. The molecular formula is C10H18BrNO. The summed E-state index contributed by atoms with van der Waals surface area (Å²) < 4.78 is 0.638. The standard InChI is InChI=1S/C10H18BrNO/c1-10(2,8-12(3)4)6-5-9(11)7-13/h5,7H,6,8H2,1-4H3/b9-5+. The van der Waals surface area contributed by atoms with E-state index >= 15 is 0 Å². The van der Waals surface area contributed by atoms with Crippen molar-refractivity contribution >= 4 is 22.2 Å². The summed E-state index contributed by atoms with van der Waals surface area (Å²) in [7, 11) is 4.11. The van der Waals surface area contributed by atoms with Crippen molar-refractivity contribution in [3.8, 4) is 0 Å². The number of allylic oxidation sites excluding steroid dienone is 2. The summed E-state index contributed by atoms with van der Waals surface area (Å²) in [6.45, 7) is 5.39. The number of carbonyl (C=O) groups is 1. The highest BCUT2D eigenvalue weighted by Crippen LogP contribution is 2.22. The summed E-state index contributed by atoms with van der Waals surface area (Å²) in [5.74, 6) is 0. The van der Waals surface area contributed by atoms with Gasteiger partial charge in [-0.25, -0.2) is 0 Å². The molecule has 0 fully saturated rings. The zero-order valence-electron chi connectivity index (χ0n) is 8.80. The minimum Gasteiger partial charge on any atom is -0.309 e. The van der Waals surface area contributed by atoms with Gasteiger partial charge in [0.2, 0.25) is 0 Å². The lowest BCUT2D eigenvalue weighted by Crippen LogP contribution is -2.28. The number of hydrogen-bond acceptors (Lipinski definition) is 2. The van der Waals surface area contributed by atoms with Gasteiger partial charge in [0.25, 0.3) is 0 Å². The molecule has 0 heterocycles. The van der Waals surface area contributed by atoms with Crippen LogP contribution in [0.3, 0.4) is 0 Å². The molecule has 0 bridgehead atoms. The van der Waals surface area contributed by atoms with Crippen LogP contribution in [0.1, 0.15) is 20.3 Å². The molecule has 2 nitrogen and oxygen atoms in total. The first kappa shape index (κ1) is 12.8. The molecular weight excluding hydrogens is 230 g/mol. The average molecular weight is 248 g/mol. The van der Waals surface area contributed by atoms with Gasteiger partial charge in [0.1, 0.15) is 0 Å². The third-order valence-electron chi connectivity index (χ3n) is 1.71. The van der Waals surface area contributed by atoms with E-state index in [4.69, 9.17) is 0 Å². The minimum absolute atomic E-state index is 0.214. The number of rotatable bonds is 5. The van der Waals surface area contributed by atoms with Crippen LogP contribution in [0.25, 0.3) is 0 Å². The molecule has 0 saturated carbocycles. The monoisotopic (exact) mass is 247 g/mol. The van der Waals surface area contributed by atoms with Gasteiger partial charge in [-0.05, 0) is 41.9 Å². The van der Waals surface area contributed by atoms with Crippen LogP contribution in [-0.2, 0) is 4.79 Å². The first-order chi connectivity index (χ1) is 5.87. The van der Waals surface area contributed by atoms with Crippen LogP contribution in [0.2, 0.25) is 0 Å². The van der Waals surface area contributed by atoms with Gasteiger partial charge in [0.05, 0.1) is 4.48 Å². The van der Waals surface area contributed by atoms with Crippen LogP contribution in [0, 0.1) is 5.41 Å². The Bertz CT molecular complexity index is 197. The Balaban J connectivity index is 4.09. The second-order valence-corrected chi connectivity index (χ2v) is 5.23. The van der Waals surface area contributed by atoms with E-state index in [0.29, 0.717) is 4.48 Å². The van der Waals surface area contributed by atoms with Gasteiger partial charge in [-0.3, -0.25) is 4.79 Å².